The van der Waals surface area contributed by atoms with Crippen LogP contribution in [0.5, 0.6) is 0 Å². The van der Waals surface area contributed by atoms with E-state index in [1.807, 2.05) is 36.4 Å². The summed E-state index contributed by atoms with van der Waals surface area (Å²) >= 11 is 0. The van der Waals surface area contributed by atoms with Crippen molar-refractivity contribution >= 4 is 12.4 Å². The minimum absolute atomic E-state index is 0.0200. The van der Waals surface area contributed by atoms with Gasteiger partial charge in [0, 0.05) is 12.5 Å². The number of carbonyl (C=O) groups excluding carboxylic acids is 1. The number of rotatable bonds is 4. The third-order valence-corrected chi connectivity index (χ3v) is 3.93. The van der Waals surface area contributed by atoms with Crippen molar-refractivity contribution in [2.24, 2.45) is 0 Å². The third-order valence-electron chi connectivity index (χ3n) is 3.93. The number of amides is 1. The first kappa shape index (κ1) is 13.4. The Morgan fingerprint density at radius 3 is 2.05 bits per heavy atom. The first-order chi connectivity index (χ1) is 10.2. The molecule has 1 amide bonds. The fourth-order valence-electron chi connectivity index (χ4n) is 3.00. The van der Waals surface area contributed by atoms with Crippen molar-refractivity contribution in [2.45, 2.75) is 5.92 Å². The second-order valence-electron chi connectivity index (χ2n) is 5.08. The average molecular weight is 281 g/mol. The Bertz CT molecular complexity index is 650. The SMILES string of the molecule is O=CCN(CC1c2ccccc2-c2ccccc21)C(=O)O. The van der Waals surface area contributed by atoms with Crippen LogP contribution in [-0.2, 0) is 4.79 Å². The van der Waals surface area contributed by atoms with Crippen molar-refractivity contribution in [1.29, 1.82) is 0 Å². The molecule has 0 radical (unpaired) electrons. The number of nitrogens with zero attached hydrogens (tertiary/aromatic N) is 1. The molecule has 0 fully saturated rings. The van der Waals surface area contributed by atoms with E-state index < -0.39 is 6.09 Å². The van der Waals surface area contributed by atoms with Gasteiger partial charge >= 0.3 is 6.09 Å². The van der Waals surface area contributed by atoms with Crippen LogP contribution in [0.25, 0.3) is 11.1 Å². The summed E-state index contributed by atoms with van der Waals surface area (Å²) in [6.45, 7) is 0.193. The van der Waals surface area contributed by atoms with Crippen molar-refractivity contribution in [2.75, 3.05) is 13.1 Å². The van der Waals surface area contributed by atoms with Crippen LogP contribution in [0.1, 0.15) is 17.0 Å². The standard InChI is InChI=1S/C17H15NO3/c19-10-9-18(17(20)21)11-16-14-7-3-1-5-12(14)13-6-2-4-8-15(13)16/h1-8,10,16H,9,11H2,(H,20,21). The van der Waals surface area contributed by atoms with Gasteiger partial charge in [0.1, 0.15) is 6.29 Å². The molecule has 0 aliphatic heterocycles. The Kier molecular flexibility index (Phi) is 3.44. The highest BCUT2D eigenvalue weighted by molar-refractivity contribution is 5.79. The van der Waals surface area contributed by atoms with E-state index in [2.05, 4.69) is 12.1 Å². The lowest BCUT2D eigenvalue weighted by atomic mass is 9.96. The number of hydrogen-bond donors (Lipinski definition) is 1. The minimum Gasteiger partial charge on any atom is -0.465 e. The van der Waals surface area contributed by atoms with Crippen LogP contribution in [-0.4, -0.2) is 35.5 Å². The lowest BCUT2D eigenvalue weighted by Crippen LogP contribution is -2.34. The van der Waals surface area contributed by atoms with E-state index in [1.54, 1.807) is 0 Å². The van der Waals surface area contributed by atoms with Crippen molar-refractivity contribution < 1.29 is 14.7 Å². The molecule has 0 spiro atoms. The first-order valence-electron chi connectivity index (χ1n) is 6.82. The smallest absolute Gasteiger partial charge is 0.407 e. The van der Waals surface area contributed by atoms with E-state index in [0.29, 0.717) is 12.8 Å². The number of benzene rings is 2. The van der Waals surface area contributed by atoms with Crippen LogP contribution in [0, 0.1) is 0 Å². The lowest BCUT2D eigenvalue weighted by Gasteiger charge is -2.22. The molecule has 4 heteroatoms. The number of aldehydes is 1. The normalized spacial score (nSPS) is 12.6. The Morgan fingerprint density at radius 2 is 1.57 bits per heavy atom. The second kappa shape index (κ2) is 5.40. The molecule has 1 aliphatic rings. The number of fused-ring (bicyclic) bond motifs is 3. The summed E-state index contributed by atoms with van der Waals surface area (Å²) in [5, 5.41) is 9.23. The highest BCUT2D eigenvalue weighted by Gasteiger charge is 2.30. The van der Waals surface area contributed by atoms with E-state index in [-0.39, 0.29) is 12.5 Å². The topological polar surface area (TPSA) is 57.6 Å². The Labute approximate surface area is 122 Å². The van der Waals surface area contributed by atoms with Crippen LogP contribution in [0.3, 0.4) is 0 Å². The molecule has 4 nitrogen and oxygen atoms in total. The zero-order valence-corrected chi connectivity index (χ0v) is 11.4. The summed E-state index contributed by atoms with van der Waals surface area (Å²) in [5.74, 6) is -0.0200. The van der Waals surface area contributed by atoms with E-state index in [4.69, 9.17) is 0 Å². The van der Waals surface area contributed by atoms with Gasteiger partial charge in [0.05, 0.1) is 6.54 Å². The van der Waals surface area contributed by atoms with E-state index in [1.165, 1.54) is 0 Å². The van der Waals surface area contributed by atoms with Gasteiger partial charge in [-0.25, -0.2) is 4.79 Å². The van der Waals surface area contributed by atoms with Crippen LogP contribution < -0.4 is 0 Å². The summed E-state index contributed by atoms with van der Waals surface area (Å²) in [5.41, 5.74) is 4.54. The molecule has 0 unspecified atom stereocenters. The minimum atomic E-state index is -1.07. The number of carbonyl (C=O) groups is 2. The molecule has 21 heavy (non-hydrogen) atoms. The van der Waals surface area contributed by atoms with Crippen LogP contribution in [0.4, 0.5) is 4.79 Å². The molecule has 0 saturated carbocycles. The number of hydrogen-bond acceptors (Lipinski definition) is 2. The summed E-state index contributed by atoms with van der Waals surface area (Å²) in [6, 6.07) is 16.1. The molecule has 0 atom stereocenters. The lowest BCUT2D eigenvalue weighted by molar-refractivity contribution is -0.108. The molecule has 0 saturated heterocycles. The molecule has 1 aliphatic carbocycles. The molecule has 0 bridgehead atoms. The molecule has 106 valence electrons. The second-order valence-corrected chi connectivity index (χ2v) is 5.08. The van der Waals surface area contributed by atoms with E-state index >= 15 is 0 Å². The summed E-state index contributed by atoms with van der Waals surface area (Å²) in [6.07, 6.45) is -0.440. The molecule has 2 aromatic carbocycles. The van der Waals surface area contributed by atoms with Crippen LogP contribution in [0.15, 0.2) is 48.5 Å². The predicted octanol–water partition coefficient (Wildman–Crippen LogP) is 2.98. The van der Waals surface area contributed by atoms with Crippen molar-refractivity contribution in [3.05, 3.63) is 59.7 Å². The maximum Gasteiger partial charge on any atom is 0.407 e. The first-order valence-corrected chi connectivity index (χ1v) is 6.82. The van der Waals surface area contributed by atoms with Gasteiger partial charge in [-0.15, -0.1) is 0 Å². The molecular formula is C17H15NO3. The maximum absolute atomic E-state index is 11.3. The molecule has 3 rings (SSSR count). The molecular weight excluding hydrogens is 266 g/mol. The van der Waals surface area contributed by atoms with Crippen molar-refractivity contribution in [1.82, 2.24) is 4.90 Å². The van der Waals surface area contributed by atoms with Gasteiger partial charge in [-0.3, -0.25) is 0 Å². The van der Waals surface area contributed by atoms with Gasteiger partial charge in [0.2, 0.25) is 0 Å². The van der Waals surface area contributed by atoms with Crippen molar-refractivity contribution in [3.63, 3.8) is 0 Å². The quantitative estimate of drug-likeness (QED) is 0.876. The van der Waals surface area contributed by atoms with Gasteiger partial charge < -0.3 is 14.8 Å². The Hall–Kier alpha value is -2.62. The van der Waals surface area contributed by atoms with E-state index in [9.17, 15) is 14.7 Å². The van der Waals surface area contributed by atoms with Gasteiger partial charge in [-0.05, 0) is 22.3 Å². The Balaban J connectivity index is 2.02. The monoisotopic (exact) mass is 281 g/mol. The molecule has 2 aromatic rings. The maximum atomic E-state index is 11.3. The molecule has 0 aromatic heterocycles. The highest BCUT2D eigenvalue weighted by atomic mass is 16.4. The molecule has 1 N–H and O–H groups in total. The van der Waals surface area contributed by atoms with Crippen LogP contribution in [0.2, 0.25) is 0 Å². The fraction of sp³-hybridized carbons (Fsp3) is 0.176. The van der Waals surface area contributed by atoms with Crippen molar-refractivity contribution in [3.8, 4) is 11.1 Å². The molecule has 0 heterocycles. The van der Waals surface area contributed by atoms with E-state index in [0.717, 1.165) is 27.2 Å². The third kappa shape index (κ3) is 2.29. The largest absolute Gasteiger partial charge is 0.465 e. The Morgan fingerprint density at radius 1 is 1.05 bits per heavy atom. The summed E-state index contributed by atoms with van der Waals surface area (Å²) < 4.78 is 0. The van der Waals surface area contributed by atoms with Gasteiger partial charge in [0.25, 0.3) is 0 Å². The highest BCUT2D eigenvalue weighted by Crippen LogP contribution is 2.44. The summed E-state index contributed by atoms with van der Waals surface area (Å²) in [7, 11) is 0. The van der Waals surface area contributed by atoms with Gasteiger partial charge in [0.15, 0.2) is 0 Å². The zero-order valence-electron chi connectivity index (χ0n) is 11.4. The van der Waals surface area contributed by atoms with Gasteiger partial charge in [-0.1, -0.05) is 48.5 Å². The van der Waals surface area contributed by atoms with Crippen LogP contribution >= 0.6 is 0 Å². The fourth-order valence-corrected chi connectivity index (χ4v) is 3.00. The average Bonchev–Trinajstić information content (AvgIpc) is 2.81. The predicted molar refractivity (Wildman–Crippen MR) is 79.4 cm³/mol. The summed E-state index contributed by atoms with van der Waals surface area (Å²) in [4.78, 5) is 23.1. The number of carboxylic acid groups (broad SMARTS) is 1. The zero-order chi connectivity index (χ0) is 14.8. The van der Waals surface area contributed by atoms with Gasteiger partial charge in [-0.2, -0.15) is 0 Å².